The van der Waals surface area contributed by atoms with E-state index in [0.717, 1.165) is 24.1 Å². The van der Waals surface area contributed by atoms with Gasteiger partial charge in [0.15, 0.2) is 0 Å². The van der Waals surface area contributed by atoms with Gasteiger partial charge in [-0.15, -0.1) is 0 Å². The first kappa shape index (κ1) is 16.1. The molecule has 5 N–H and O–H groups in total. The van der Waals surface area contributed by atoms with Crippen LogP contribution in [0.1, 0.15) is 38.4 Å². The van der Waals surface area contributed by atoms with Crippen molar-refractivity contribution < 1.29 is 9.84 Å². The van der Waals surface area contributed by atoms with Crippen molar-refractivity contribution in [2.24, 2.45) is 11.1 Å². The van der Waals surface area contributed by atoms with Crippen LogP contribution < -0.4 is 11.5 Å². The van der Waals surface area contributed by atoms with Crippen LogP contribution in [0.2, 0.25) is 0 Å². The fraction of sp³-hybridized carbons (Fsp3) is 0.556. The molecule has 0 saturated heterocycles. The van der Waals surface area contributed by atoms with Crippen molar-refractivity contribution in [1.29, 1.82) is 0 Å². The topological polar surface area (TPSA) is 86.4 Å². The lowest BCUT2D eigenvalue weighted by Gasteiger charge is -2.41. The minimum Gasteiger partial charge on any atom is -0.508 e. The van der Waals surface area contributed by atoms with E-state index in [1.165, 1.54) is 0 Å². The second kappa shape index (κ2) is 5.42. The van der Waals surface area contributed by atoms with Gasteiger partial charge in [-0.3, -0.25) is 0 Å². The number of aliphatic hydroxyl groups is 1. The average Bonchev–Trinajstić information content (AvgIpc) is 3.25. The fourth-order valence-corrected chi connectivity index (χ4v) is 3.43. The third-order valence-electron chi connectivity index (χ3n) is 5.42. The zero-order valence-electron chi connectivity index (χ0n) is 14.2. The molecule has 0 spiro atoms. The number of rotatable bonds is 5. The maximum atomic E-state index is 10.2. The summed E-state index contributed by atoms with van der Waals surface area (Å²) in [5.74, 6) is 0.952. The summed E-state index contributed by atoms with van der Waals surface area (Å²) < 4.78 is 8.40. The molecule has 2 atom stereocenters. The Balaban J connectivity index is 1.96. The van der Waals surface area contributed by atoms with Crippen molar-refractivity contribution in [3.05, 3.63) is 41.3 Å². The summed E-state index contributed by atoms with van der Waals surface area (Å²) in [7, 11) is 0. The molecule has 0 radical (unpaired) electrons. The van der Waals surface area contributed by atoms with E-state index in [9.17, 15) is 5.11 Å². The molecule has 1 aromatic rings. The van der Waals surface area contributed by atoms with Crippen molar-refractivity contribution in [1.82, 2.24) is 4.57 Å². The number of nitrogens with two attached hydrogens (primary N) is 2. The van der Waals surface area contributed by atoms with Crippen LogP contribution in [0.3, 0.4) is 0 Å². The Labute approximate surface area is 137 Å². The standard InChI is InChI=1S/C18H27N3O2/c1-12-4-5-15(20)21(12)16-13(2)14(22)6-7-17(16,3)23-11-18(10-19)8-9-18/h4-7,16,22H,8-11,19-20H2,1-3H3. The van der Waals surface area contributed by atoms with Gasteiger partial charge in [-0.2, -0.15) is 0 Å². The van der Waals surface area contributed by atoms with Gasteiger partial charge in [0.05, 0.1) is 12.6 Å². The van der Waals surface area contributed by atoms with Gasteiger partial charge in [0.25, 0.3) is 0 Å². The molecule has 0 aliphatic heterocycles. The Kier molecular flexibility index (Phi) is 3.81. The molecular formula is C18H27N3O2. The van der Waals surface area contributed by atoms with Gasteiger partial charge in [0.2, 0.25) is 0 Å². The van der Waals surface area contributed by atoms with E-state index in [0.29, 0.717) is 19.0 Å². The van der Waals surface area contributed by atoms with E-state index < -0.39 is 5.60 Å². The highest BCUT2D eigenvalue weighted by Crippen LogP contribution is 2.48. The molecule has 0 bridgehead atoms. The Morgan fingerprint density at radius 1 is 1.35 bits per heavy atom. The quantitative estimate of drug-likeness (QED) is 0.779. The minimum atomic E-state index is -0.570. The van der Waals surface area contributed by atoms with Crippen molar-refractivity contribution >= 4 is 5.82 Å². The second-order valence-electron chi connectivity index (χ2n) is 7.25. The van der Waals surface area contributed by atoms with Crippen LogP contribution in [0.4, 0.5) is 5.82 Å². The Morgan fingerprint density at radius 3 is 2.57 bits per heavy atom. The number of aromatic nitrogens is 1. The van der Waals surface area contributed by atoms with E-state index in [-0.39, 0.29) is 17.2 Å². The zero-order valence-corrected chi connectivity index (χ0v) is 14.2. The molecule has 2 unspecified atom stereocenters. The van der Waals surface area contributed by atoms with Gasteiger partial charge in [-0.25, -0.2) is 0 Å². The first-order valence-corrected chi connectivity index (χ1v) is 8.18. The van der Waals surface area contributed by atoms with Crippen LogP contribution in [0, 0.1) is 12.3 Å². The lowest BCUT2D eigenvalue weighted by atomic mass is 9.84. The summed E-state index contributed by atoms with van der Waals surface area (Å²) in [5.41, 5.74) is 13.5. The van der Waals surface area contributed by atoms with Crippen LogP contribution in [0.25, 0.3) is 0 Å². The fourth-order valence-electron chi connectivity index (χ4n) is 3.43. The van der Waals surface area contributed by atoms with Gasteiger partial charge in [-0.1, -0.05) is 0 Å². The molecule has 1 aromatic heterocycles. The normalized spacial score (nSPS) is 29.1. The molecule has 1 saturated carbocycles. The predicted molar refractivity (Wildman–Crippen MR) is 92.2 cm³/mol. The van der Waals surface area contributed by atoms with Crippen LogP contribution in [0.15, 0.2) is 35.6 Å². The lowest BCUT2D eigenvalue weighted by molar-refractivity contribution is -0.0455. The number of nitrogens with zero attached hydrogens (tertiary/aromatic N) is 1. The highest BCUT2D eigenvalue weighted by atomic mass is 16.5. The summed E-state index contributed by atoms with van der Waals surface area (Å²) >= 11 is 0. The summed E-state index contributed by atoms with van der Waals surface area (Å²) in [5, 5.41) is 10.2. The third-order valence-corrected chi connectivity index (χ3v) is 5.42. The van der Waals surface area contributed by atoms with Crippen molar-refractivity contribution in [3.8, 4) is 0 Å². The molecule has 0 amide bonds. The van der Waals surface area contributed by atoms with Gasteiger partial charge < -0.3 is 25.9 Å². The molecule has 23 heavy (non-hydrogen) atoms. The molecule has 1 fully saturated rings. The van der Waals surface area contributed by atoms with Gasteiger partial charge in [0.1, 0.15) is 17.2 Å². The molecule has 5 nitrogen and oxygen atoms in total. The Hall–Kier alpha value is -1.72. The predicted octanol–water partition coefficient (Wildman–Crippen LogP) is 2.84. The number of allylic oxidation sites excluding steroid dienone is 1. The maximum Gasteiger partial charge on any atom is 0.116 e. The van der Waals surface area contributed by atoms with Crippen LogP contribution in [-0.4, -0.2) is 28.4 Å². The van der Waals surface area contributed by atoms with Crippen LogP contribution in [-0.2, 0) is 4.74 Å². The number of anilines is 1. The molecule has 1 heterocycles. The highest BCUT2D eigenvalue weighted by Gasteiger charge is 2.46. The lowest BCUT2D eigenvalue weighted by Crippen LogP contribution is -2.43. The molecule has 2 aliphatic rings. The molecule has 126 valence electrons. The Morgan fingerprint density at radius 2 is 2.04 bits per heavy atom. The number of nitrogen functional groups attached to an aromatic ring is 1. The maximum absolute atomic E-state index is 10.2. The average molecular weight is 317 g/mol. The number of aryl methyl sites for hydroxylation is 1. The summed E-state index contributed by atoms with van der Waals surface area (Å²) in [6.07, 6.45) is 5.91. The number of ether oxygens (including phenoxy) is 1. The second-order valence-corrected chi connectivity index (χ2v) is 7.25. The molecule has 2 aliphatic carbocycles. The first-order valence-electron chi connectivity index (χ1n) is 8.18. The van der Waals surface area contributed by atoms with Crippen molar-refractivity contribution in [2.45, 2.75) is 45.3 Å². The molecule has 5 heteroatoms. The monoisotopic (exact) mass is 317 g/mol. The largest absolute Gasteiger partial charge is 0.508 e. The first-order chi connectivity index (χ1) is 10.8. The van der Waals surface area contributed by atoms with E-state index in [1.807, 2.05) is 36.6 Å². The summed E-state index contributed by atoms with van der Waals surface area (Å²) in [6.45, 7) is 7.29. The number of hydrogen-bond donors (Lipinski definition) is 3. The molecule has 3 rings (SSSR count). The van der Waals surface area contributed by atoms with E-state index in [1.54, 1.807) is 6.08 Å². The van der Waals surface area contributed by atoms with Crippen LogP contribution >= 0.6 is 0 Å². The Bertz CT molecular complexity index is 650. The smallest absolute Gasteiger partial charge is 0.116 e. The molecular weight excluding hydrogens is 290 g/mol. The third kappa shape index (κ3) is 2.68. The number of aliphatic hydroxyl groups excluding tert-OH is 1. The van der Waals surface area contributed by atoms with Gasteiger partial charge >= 0.3 is 0 Å². The van der Waals surface area contributed by atoms with E-state index in [4.69, 9.17) is 16.2 Å². The van der Waals surface area contributed by atoms with E-state index in [2.05, 4.69) is 6.92 Å². The minimum absolute atomic E-state index is 0.135. The van der Waals surface area contributed by atoms with Crippen LogP contribution in [0.5, 0.6) is 0 Å². The summed E-state index contributed by atoms with van der Waals surface area (Å²) in [4.78, 5) is 0. The van der Waals surface area contributed by atoms with Crippen molar-refractivity contribution in [2.75, 3.05) is 18.9 Å². The van der Waals surface area contributed by atoms with Gasteiger partial charge in [-0.05, 0) is 63.5 Å². The van der Waals surface area contributed by atoms with E-state index >= 15 is 0 Å². The SMILES string of the molecule is CC1=C(O)C=CC(C)(OCC2(CN)CC2)C1n1c(C)ccc1N. The van der Waals surface area contributed by atoms with Crippen molar-refractivity contribution in [3.63, 3.8) is 0 Å². The highest BCUT2D eigenvalue weighted by molar-refractivity contribution is 5.41. The zero-order chi connectivity index (χ0) is 16.8. The molecule has 0 aromatic carbocycles. The number of hydrogen-bond acceptors (Lipinski definition) is 4. The summed E-state index contributed by atoms with van der Waals surface area (Å²) in [6, 6.07) is 3.71. The van der Waals surface area contributed by atoms with Gasteiger partial charge in [0, 0.05) is 17.7 Å².